The molecule has 0 aliphatic carbocycles. The maximum absolute atomic E-state index is 13.4. The van der Waals surface area contributed by atoms with Gasteiger partial charge in [0.2, 0.25) is 5.75 Å². The van der Waals surface area contributed by atoms with E-state index in [0.717, 1.165) is 16.5 Å². The highest BCUT2D eigenvalue weighted by molar-refractivity contribution is 9.10. The molecule has 4 rings (SSSR count). The number of nitrogens with zero attached hydrogens (tertiary/aromatic N) is 4. The first-order chi connectivity index (χ1) is 18.7. The van der Waals surface area contributed by atoms with E-state index in [0.29, 0.717) is 27.3 Å². The Kier molecular flexibility index (Phi) is 8.98. The van der Waals surface area contributed by atoms with E-state index in [1.165, 1.54) is 17.0 Å². The molecule has 0 unspecified atom stereocenters. The number of hydrogen-bond acceptors (Lipinski definition) is 7. The van der Waals surface area contributed by atoms with Gasteiger partial charge in [0.15, 0.2) is 5.75 Å². The predicted octanol–water partition coefficient (Wildman–Crippen LogP) is 7.09. The maximum atomic E-state index is 13.4. The molecule has 0 saturated heterocycles. The number of fused-ring (bicyclic) bond motifs is 1. The van der Waals surface area contributed by atoms with Gasteiger partial charge in [-0.15, -0.1) is 0 Å². The van der Waals surface area contributed by atoms with E-state index in [1.54, 1.807) is 49.4 Å². The molecule has 0 amide bonds. The van der Waals surface area contributed by atoms with Crippen LogP contribution in [0.25, 0.3) is 10.9 Å². The maximum Gasteiger partial charge on any atom is 0.315 e. The molecule has 0 aliphatic heterocycles. The summed E-state index contributed by atoms with van der Waals surface area (Å²) in [6.45, 7) is 6.07. The van der Waals surface area contributed by atoms with E-state index in [2.05, 4.69) is 21.0 Å². The van der Waals surface area contributed by atoms with Crippen LogP contribution >= 0.6 is 27.5 Å². The lowest BCUT2D eigenvalue weighted by atomic mass is 10.1. The number of nitro groups is 1. The van der Waals surface area contributed by atoms with Crippen LogP contribution in [0.15, 0.2) is 69.0 Å². The van der Waals surface area contributed by atoms with Crippen LogP contribution < -0.4 is 15.0 Å². The molecule has 39 heavy (non-hydrogen) atoms. The summed E-state index contributed by atoms with van der Waals surface area (Å²) >= 11 is 9.34. The fourth-order valence-electron chi connectivity index (χ4n) is 3.87. The van der Waals surface area contributed by atoms with E-state index in [9.17, 15) is 14.9 Å². The van der Waals surface area contributed by atoms with Crippen molar-refractivity contribution in [1.29, 1.82) is 0 Å². The Hall–Kier alpha value is -3.76. The molecule has 0 aliphatic rings. The van der Waals surface area contributed by atoms with Crippen molar-refractivity contribution in [2.24, 2.45) is 5.10 Å². The number of ether oxygens (including phenoxy) is 2. The first kappa shape index (κ1) is 28.3. The van der Waals surface area contributed by atoms with Gasteiger partial charge in [0.25, 0.3) is 5.56 Å². The van der Waals surface area contributed by atoms with Gasteiger partial charge in [0.05, 0.1) is 28.6 Å². The summed E-state index contributed by atoms with van der Waals surface area (Å²) in [5.74, 6) is 0.636. The van der Waals surface area contributed by atoms with Crippen LogP contribution in [0, 0.1) is 10.1 Å². The fourth-order valence-corrected chi connectivity index (χ4v) is 4.35. The first-order valence-electron chi connectivity index (χ1n) is 12.3. The van der Waals surface area contributed by atoms with Crippen molar-refractivity contribution in [3.63, 3.8) is 0 Å². The summed E-state index contributed by atoms with van der Waals surface area (Å²) in [6, 6.07) is 15.2. The van der Waals surface area contributed by atoms with E-state index in [1.807, 2.05) is 19.9 Å². The average Bonchev–Trinajstić information content (AvgIpc) is 2.92. The average molecular weight is 614 g/mol. The number of aromatic nitrogens is 2. The second-order valence-corrected chi connectivity index (χ2v) is 10.1. The van der Waals surface area contributed by atoms with E-state index >= 15 is 0 Å². The molecule has 1 atom stereocenters. The molecule has 0 fully saturated rings. The molecule has 0 saturated carbocycles. The normalized spacial score (nSPS) is 12.1. The topological polar surface area (TPSA) is 109 Å². The van der Waals surface area contributed by atoms with Crippen LogP contribution in [0.3, 0.4) is 0 Å². The fraction of sp³-hybridized carbons (Fsp3) is 0.250. The highest BCUT2D eigenvalue weighted by Crippen LogP contribution is 2.39. The lowest BCUT2D eigenvalue weighted by Gasteiger charge is -2.14. The lowest BCUT2D eigenvalue weighted by molar-refractivity contribution is -0.386. The summed E-state index contributed by atoms with van der Waals surface area (Å²) in [4.78, 5) is 29.6. The van der Waals surface area contributed by atoms with Crippen molar-refractivity contribution < 1.29 is 14.4 Å². The van der Waals surface area contributed by atoms with Gasteiger partial charge in [0, 0.05) is 27.0 Å². The predicted molar refractivity (Wildman–Crippen MR) is 155 cm³/mol. The van der Waals surface area contributed by atoms with Gasteiger partial charge in [-0.05, 0) is 55.3 Å². The zero-order valence-electron chi connectivity index (χ0n) is 21.6. The molecule has 0 spiro atoms. The SMILES string of the molecule is CCOc1cc(C=Nn2c([C@@H](C)CC)nc3ccc(Br)cc3c2=O)cc([N+](=O)[O-])c1OCc1ccc(Cl)cc1. The molecule has 0 radical (unpaired) electrons. The van der Waals surface area contributed by atoms with Gasteiger partial charge >= 0.3 is 5.69 Å². The molecule has 4 aromatic rings. The second kappa shape index (κ2) is 12.4. The Morgan fingerprint density at radius 2 is 1.90 bits per heavy atom. The van der Waals surface area contributed by atoms with Crippen molar-refractivity contribution in [2.75, 3.05) is 6.61 Å². The summed E-state index contributed by atoms with van der Waals surface area (Å²) in [5, 5.41) is 17.4. The van der Waals surface area contributed by atoms with Crippen LogP contribution in [0.4, 0.5) is 5.69 Å². The zero-order valence-corrected chi connectivity index (χ0v) is 23.9. The van der Waals surface area contributed by atoms with Crippen LogP contribution in [0.2, 0.25) is 5.02 Å². The molecule has 3 aromatic carbocycles. The molecule has 1 aromatic heterocycles. The van der Waals surface area contributed by atoms with Crippen LogP contribution in [-0.2, 0) is 6.61 Å². The molecule has 11 heteroatoms. The standard InChI is InChI=1S/C28H26BrClN4O5/c1-4-17(3)27-32-23-11-8-20(29)14-22(23)28(35)33(27)31-15-19-12-24(34(36)37)26(25(13-19)38-5-2)39-16-18-6-9-21(30)10-7-18/h6-15,17H,4-5,16H2,1-3H3/t17-/m0/s1. The quantitative estimate of drug-likeness (QED) is 0.107. The molecule has 0 N–H and O–H groups in total. The van der Waals surface area contributed by atoms with Crippen molar-refractivity contribution in [2.45, 2.75) is 39.7 Å². The monoisotopic (exact) mass is 612 g/mol. The Balaban J connectivity index is 1.78. The van der Waals surface area contributed by atoms with Crippen LogP contribution in [0.5, 0.6) is 11.5 Å². The highest BCUT2D eigenvalue weighted by Gasteiger charge is 2.23. The van der Waals surface area contributed by atoms with Gasteiger partial charge in [0.1, 0.15) is 12.4 Å². The van der Waals surface area contributed by atoms with E-state index in [-0.39, 0.29) is 41.9 Å². The second-order valence-electron chi connectivity index (χ2n) is 8.77. The van der Waals surface area contributed by atoms with Gasteiger partial charge < -0.3 is 9.47 Å². The molecule has 202 valence electrons. The van der Waals surface area contributed by atoms with Crippen LogP contribution in [0.1, 0.15) is 50.1 Å². The molecular weight excluding hydrogens is 588 g/mol. The van der Waals surface area contributed by atoms with Gasteiger partial charge in [-0.1, -0.05) is 53.5 Å². The van der Waals surface area contributed by atoms with Gasteiger partial charge in [-0.25, -0.2) is 4.98 Å². The largest absolute Gasteiger partial charge is 0.490 e. The third-order valence-corrected chi connectivity index (χ3v) is 6.80. The third kappa shape index (κ3) is 6.46. The number of hydrogen-bond donors (Lipinski definition) is 0. The highest BCUT2D eigenvalue weighted by atomic mass is 79.9. The van der Waals surface area contributed by atoms with Crippen molar-refractivity contribution in [3.8, 4) is 11.5 Å². The smallest absolute Gasteiger partial charge is 0.315 e. The first-order valence-corrected chi connectivity index (χ1v) is 13.5. The summed E-state index contributed by atoms with van der Waals surface area (Å²) in [6.07, 6.45) is 2.13. The Morgan fingerprint density at radius 3 is 2.56 bits per heavy atom. The minimum Gasteiger partial charge on any atom is -0.490 e. The van der Waals surface area contributed by atoms with Gasteiger partial charge in [-0.3, -0.25) is 14.9 Å². The van der Waals surface area contributed by atoms with E-state index in [4.69, 9.17) is 26.1 Å². The Morgan fingerprint density at radius 1 is 1.15 bits per heavy atom. The van der Waals surface area contributed by atoms with Crippen LogP contribution in [-0.4, -0.2) is 27.4 Å². The van der Waals surface area contributed by atoms with Crippen molar-refractivity contribution in [1.82, 2.24) is 9.66 Å². The van der Waals surface area contributed by atoms with E-state index < -0.39 is 4.92 Å². The molecule has 9 nitrogen and oxygen atoms in total. The summed E-state index contributed by atoms with van der Waals surface area (Å²) < 4.78 is 13.5. The van der Waals surface area contributed by atoms with Crippen molar-refractivity contribution in [3.05, 3.63) is 102 Å². The zero-order chi connectivity index (χ0) is 28.1. The molecular formula is C28H26BrClN4O5. The molecule has 1 heterocycles. The van der Waals surface area contributed by atoms with Crippen molar-refractivity contribution >= 4 is 50.3 Å². The van der Waals surface area contributed by atoms with Gasteiger partial charge in [-0.2, -0.15) is 9.78 Å². The number of rotatable bonds is 10. The summed E-state index contributed by atoms with van der Waals surface area (Å²) in [5.41, 5.74) is 1.10. The summed E-state index contributed by atoms with van der Waals surface area (Å²) in [7, 11) is 0. The Bertz CT molecular complexity index is 1600. The molecule has 0 bridgehead atoms. The lowest BCUT2D eigenvalue weighted by Crippen LogP contribution is -2.23. The number of benzene rings is 3. The number of halogens is 2. The Labute approximate surface area is 238 Å². The third-order valence-electron chi connectivity index (χ3n) is 6.06. The number of nitro benzene ring substituents is 1. The minimum absolute atomic E-state index is 0.00336. The minimum atomic E-state index is -0.539.